The van der Waals surface area contributed by atoms with Crippen LogP contribution in [0.1, 0.15) is 278 Å². The summed E-state index contributed by atoms with van der Waals surface area (Å²) >= 11 is 0. The van der Waals surface area contributed by atoms with Gasteiger partial charge in [-0.25, -0.2) is 0 Å². The van der Waals surface area contributed by atoms with E-state index in [0.29, 0.717) is 19.3 Å². The van der Waals surface area contributed by atoms with Gasteiger partial charge in [-0.1, -0.05) is 246 Å². The summed E-state index contributed by atoms with van der Waals surface area (Å²) in [6.07, 6.45) is 82.3. The van der Waals surface area contributed by atoms with E-state index in [4.69, 9.17) is 14.2 Å². The van der Waals surface area contributed by atoms with Crippen LogP contribution in [0.15, 0.2) is 109 Å². The lowest BCUT2D eigenvalue weighted by Gasteiger charge is -2.18. The molecule has 6 nitrogen and oxygen atoms in total. The van der Waals surface area contributed by atoms with Gasteiger partial charge in [-0.3, -0.25) is 14.4 Å². The summed E-state index contributed by atoms with van der Waals surface area (Å²) in [4.78, 5) is 38.2. The van der Waals surface area contributed by atoms with Crippen LogP contribution in [0.25, 0.3) is 0 Å². The number of rotatable bonds is 54. The maximum Gasteiger partial charge on any atom is 0.306 e. The molecule has 0 aliphatic carbocycles. The van der Waals surface area contributed by atoms with Crippen molar-refractivity contribution in [2.75, 3.05) is 13.2 Å². The van der Waals surface area contributed by atoms with Crippen LogP contribution in [0.4, 0.5) is 0 Å². The molecular formula is C67H112O6. The topological polar surface area (TPSA) is 78.9 Å². The zero-order chi connectivity index (χ0) is 52.9. The molecule has 0 bridgehead atoms. The molecule has 0 aliphatic heterocycles. The van der Waals surface area contributed by atoms with Crippen molar-refractivity contribution in [2.24, 2.45) is 0 Å². The average Bonchev–Trinajstić information content (AvgIpc) is 3.39. The van der Waals surface area contributed by atoms with Gasteiger partial charge in [0, 0.05) is 19.3 Å². The minimum Gasteiger partial charge on any atom is -0.462 e. The van der Waals surface area contributed by atoms with Crippen molar-refractivity contribution in [1.82, 2.24) is 0 Å². The van der Waals surface area contributed by atoms with Crippen LogP contribution in [0, 0.1) is 0 Å². The number of ether oxygens (including phenoxy) is 3. The van der Waals surface area contributed by atoms with E-state index in [1.165, 1.54) is 135 Å². The summed E-state index contributed by atoms with van der Waals surface area (Å²) in [6, 6.07) is 0. The van der Waals surface area contributed by atoms with Crippen molar-refractivity contribution in [3.63, 3.8) is 0 Å². The van der Waals surface area contributed by atoms with Crippen molar-refractivity contribution < 1.29 is 28.6 Å². The lowest BCUT2D eigenvalue weighted by atomic mass is 10.1. The predicted octanol–water partition coefficient (Wildman–Crippen LogP) is 20.7. The number of esters is 3. The molecule has 0 heterocycles. The largest absolute Gasteiger partial charge is 0.462 e. The summed E-state index contributed by atoms with van der Waals surface area (Å²) in [6.45, 7) is 6.46. The van der Waals surface area contributed by atoms with E-state index in [1.54, 1.807) is 0 Å². The zero-order valence-corrected chi connectivity index (χ0v) is 47.6. The molecule has 416 valence electrons. The summed E-state index contributed by atoms with van der Waals surface area (Å²) in [5, 5.41) is 0. The first-order valence-corrected chi connectivity index (χ1v) is 30.4. The molecule has 0 unspecified atom stereocenters. The van der Waals surface area contributed by atoms with Crippen LogP contribution in [0.5, 0.6) is 0 Å². The Kier molecular flexibility index (Phi) is 57.4. The van der Waals surface area contributed by atoms with E-state index in [0.717, 1.165) is 96.3 Å². The molecular weight excluding hydrogens is 901 g/mol. The Hall–Kier alpha value is -3.93. The Morgan fingerprint density at radius 2 is 0.548 bits per heavy atom. The lowest BCUT2D eigenvalue weighted by molar-refractivity contribution is -0.167. The van der Waals surface area contributed by atoms with Crippen LogP contribution >= 0.6 is 0 Å². The minimum absolute atomic E-state index is 0.111. The highest BCUT2D eigenvalue weighted by atomic mass is 16.6. The van der Waals surface area contributed by atoms with E-state index < -0.39 is 6.10 Å². The Bertz CT molecular complexity index is 1490. The van der Waals surface area contributed by atoms with E-state index in [2.05, 4.69) is 130 Å². The third kappa shape index (κ3) is 58.8. The normalized spacial score (nSPS) is 12.9. The first kappa shape index (κ1) is 69.1. The molecule has 73 heavy (non-hydrogen) atoms. The second-order valence-corrected chi connectivity index (χ2v) is 19.9. The van der Waals surface area contributed by atoms with Gasteiger partial charge in [-0.2, -0.15) is 0 Å². The first-order chi connectivity index (χ1) is 36.0. The van der Waals surface area contributed by atoms with Gasteiger partial charge in [-0.05, 0) is 122 Å². The molecule has 0 amide bonds. The van der Waals surface area contributed by atoms with E-state index in [9.17, 15) is 14.4 Å². The number of carbonyl (C=O) groups excluding carboxylic acids is 3. The van der Waals surface area contributed by atoms with Gasteiger partial charge in [0.1, 0.15) is 13.2 Å². The maximum atomic E-state index is 12.9. The first-order valence-electron chi connectivity index (χ1n) is 30.4. The quantitative estimate of drug-likeness (QED) is 0.0261. The summed E-state index contributed by atoms with van der Waals surface area (Å²) in [5.74, 6) is -0.995. The monoisotopic (exact) mass is 1010 g/mol. The Morgan fingerprint density at radius 3 is 0.904 bits per heavy atom. The Balaban J connectivity index is 4.51. The van der Waals surface area contributed by atoms with E-state index >= 15 is 0 Å². The minimum atomic E-state index is -0.822. The standard InChI is InChI=1S/C67H112O6/c1-4-7-10-13-16-19-22-25-28-31-33-36-38-41-44-47-50-53-56-59-65(68)71-62-64(73-67(70)61-58-55-52-49-46-43-40-35-30-27-24-21-18-15-12-9-6-3)63-72-66(69)60-57-54-51-48-45-42-39-37-34-32-29-26-23-20-17-14-11-8-5-2/h7,10,16,19,25-30,33,36,40-41,43-44,49,52,64H,4-6,8-9,11-15,17-18,20-24,31-32,34-35,37-39,42,45-48,50-51,53-63H2,1-3H3/b10-7-,19-16-,28-25-,29-26-,30-27-,36-33-,43-40-,44-41-,52-49-/t64-/m1/s1. The van der Waals surface area contributed by atoms with Gasteiger partial charge in [0.15, 0.2) is 6.10 Å². The van der Waals surface area contributed by atoms with Crippen molar-refractivity contribution in [3.05, 3.63) is 109 Å². The molecule has 0 aromatic rings. The fourth-order valence-electron chi connectivity index (χ4n) is 8.19. The van der Waals surface area contributed by atoms with Crippen molar-refractivity contribution in [1.29, 1.82) is 0 Å². The predicted molar refractivity (Wildman–Crippen MR) is 316 cm³/mol. The molecule has 0 N–H and O–H groups in total. The van der Waals surface area contributed by atoms with E-state index in [1.807, 2.05) is 0 Å². The number of allylic oxidation sites excluding steroid dienone is 18. The fraction of sp³-hybridized carbons (Fsp3) is 0.687. The van der Waals surface area contributed by atoms with Crippen LogP contribution in [0.2, 0.25) is 0 Å². The Labute approximate surface area is 450 Å². The van der Waals surface area contributed by atoms with Gasteiger partial charge < -0.3 is 14.2 Å². The molecule has 0 spiro atoms. The summed E-state index contributed by atoms with van der Waals surface area (Å²) in [5.41, 5.74) is 0. The molecule has 6 heteroatoms. The molecule has 0 fully saturated rings. The molecule has 0 aromatic carbocycles. The van der Waals surface area contributed by atoms with Crippen molar-refractivity contribution in [2.45, 2.75) is 284 Å². The zero-order valence-electron chi connectivity index (χ0n) is 47.6. The van der Waals surface area contributed by atoms with Crippen molar-refractivity contribution >= 4 is 17.9 Å². The van der Waals surface area contributed by atoms with Crippen LogP contribution in [-0.4, -0.2) is 37.2 Å². The smallest absolute Gasteiger partial charge is 0.306 e. The number of unbranched alkanes of at least 4 members (excludes halogenated alkanes) is 25. The van der Waals surface area contributed by atoms with Crippen LogP contribution < -0.4 is 0 Å². The van der Waals surface area contributed by atoms with E-state index in [-0.39, 0.29) is 37.5 Å². The van der Waals surface area contributed by atoms with Gasteiger partial charge in [0.05, 0.1) is 0 Å². The van der Waals surface area contributed by atoms with Crippen LogP contribution in [-0.2, 0) is 28.6 Å². The van der Waals surface area contributed by atoms with Crippen LogP contribution in [0.3, 0.4) is 0 Å². The molecule has 0 saturated heterocycles. The fourth-order valence-corrected chi connectivity index (χ4v) is 8.19. The maximum absolute atomic E-state index is 12.9. The highest BCUT2D eigenvalue weighted by Crippen LogP contribution is 2.14. The highest BCUT2D eigenvalue weighted by molar-refractivity contribution is 5.71. The van der Waals surface area contributed by atoms with Gasteiger partial charge >= 0.3 is 17.9 Å². The molecule has 0 saturated carbocycles. The summed E-state index contributed by atoms with van der Waals surface area (Å²) in [7, 11) is 0. The molecule has 0 aliphatic rings. The molecule has 1 atom stereocenters. The third-order valence-corrected chi connectivity index (χ3v) is 12.7. The second-order valence-electron chi connectivity index (χ2n) is 19.9. The second kappa shape index (κ2) is 60.6. The number of hydrogen-bond acceptors (Lipinski definition) is 6. The number of hydrogen-bond donors (Lipinski definition) is 0. The summed E-state index contributed by atoms with van der Waals surface area (Å²) < 4.78 is 16.8. The van der Waals surface area contributed by atoms with Gasteiger partial charge in [-0.15, -0.1) is 0 Å². The van der Waals surface area contributed by atoms with Gasteiger partial charge in [0.25, 0.3) is 0 Å². The SMILES string of the molecule is CC/C=C\C/C=C\C/C=C\C/C=C\C/C=C\CCCCCC(=O)OC[C@H](COC(=O)CCCCCCCCCCC/C=C\CCCCCCCC)OC(=O)CCC/C=C\C/C=C\C/C=C\CCCCCCCC. The average molecular weight is 1010 g/mol. The highest BCUT2D eigenvalue weighted by Gasteiger charge is 2.19. The lowest BCUT2D eigenvalue weighted by Crippen LogP contribution is -2.30. The molecule has 0 rings (SSSR count). The third-order valence-electron chi connectivity index (χ3n) is 12.7. The Morgan fingerprint density at radius 1 is 0.288 bits per heavy atom. The molecule has 0 aromatic heterocycles. The van der Waals surface area contributed by atoms with Crippen molar-refractivity contribution in [3.8, 4) is 0 Å². The van der Waals surface area contributed by atoms with Gasteiger partial charge in [0.2, 0.25) is 0 Å². The molecule has 0 radical (unpaired) electrons. The number of carbonyl (C=O) groups is 3.